The molecule has 0 saturated carbocycles. The molecule has 144 valence electrons. The van der Waals surface area contributed by atoms with E-state index in [1.807, 2.05) is 32.0 Å². The molecule has 3 rings (SSSR count). The highest BCUT2D eigenvalue weighted by molar-refractivity contribution is 7.80. The molecule has 5 nitrogen and oxygen atoms in total. The Morgan fingerprint density at radius 3 is 2.54 bits per heavy atom. The average Bonchev–Trinajstić information content (AvgIpc) is 3.12. The lowest BCUT2D eigenvalue weighted by atomic mass is 10.1. The van der Waals surface area contributed by atoms with Gasteiger partial charge in [-0.05, 0) is 73.6 Å². The SMILES string of the molecule is Cc1ccc(C)c(NC(=S)NNC(=O)c2ccc(-c3ccc(Cl)cc3Cl)o2)c1. The smallest absolute Gasteiger partial charge is 0.305 e. The molecule has 0 radical (unpaired) electrons. The Morgan fingerprint density at radius 2 is 1.79 bits per heavy atom. The van der Waals surface area contributed by atoms with Crippen LogP contribution in [0.1, 0.15) is 21.7 Å². The molecule has 0 unspecified atom stereocenters. The fraction of sp³-hybridized carbons (Fsp3) is 0.100. The summed E-state index contributed by atoms with van der Waals surface area (Å²) in [6.07, 6.45) is 0. The van der Waals surface area contributed by atoms with Gasteiger partial charge in [0.1, 0.15) is 5.76 Å². The first kappa shape index (κ1) is 20.2. The molecule has 0 saturated heterocycles. The van der Waals surface area contributed by atoms with Gasteiger partial charge >= 0.3 is 5.91 Å². The molecule has 0 spiro atoms. The van der Waals surface area contributed by atoms with E-state index < -0.39 is 5.91 Å². The third-order valence-electron chi connectivity index (χ3n) is 3.96. The van der Waals surface area contributed by atoms with Gasteiger partial charge in [-0.2, -0.15) is 0 Å². The zero-order valence-electron chi connectivity index (χ0n) is 15.1. The number of anilines is 1. The summed E-state index contributed by atoms with van der Waals surface area (Å²) in [5.74, 6) is 0.104. The van der Waals surface area contributed by atoms with Crippen LogP contribution in [-0.2, 0) is 0 Å². The van der Waals surface area contributed by atoms with Gasteiger partial charge in [0.2, 0.25) is 0 Å². The molecule has 2 aromatic carbocycles. The van der Waals surface area contributed by atoms with E-state index in [1.54, 1.807) is 30.3 Å². The fourth-order valence-electron chi connectivity index (χ4n) is 2.49. The Morgan fingerprint density at radius 1 is 1.00 bits per heavy atom. The van der Waals surface area contributed by atoms with Crippen molar-refractivity contribution in [3.05, 3.63) is 75.5 Å². The van der Waals surface area contributed by atoms with Gasteiger partial charge in [0.15, 0.2) is 10.9 Å². The molecule has 0 fully saturated rings. The van der Waals surface area contributed by atoms with Gasteiger partial charge in [0.25, 0.3) is 0 Å². The van der Waals surface area contributed by atoms with Crippen LogP contribution in [-0.4, -0.2) is 11.0 Å². The lowest BCUT2D eigenvalue weighted by Gasteiger charge is -2.13. The summed E-state index contributed by atoms with van der Waals surface area (Å²) >= 11 is 17.3. The van der Waals surface area contributed by atoms with Gasteiger partial charge in [0, 0.05) is 16.3 Å². The molecule has 1 amide bonds. The van der Waals surface area contributed by atoms with Crippen molar-refractivity contribution in [3.63, 3.8) is 0 Å². The largest absolute Gasteiger partial charge is 0.451 e. The number of hydrogen-bond donors (Lipinski definition) is 3. The van der Waals surface area contributed by atoms with E-state index in [0.29, 0.717) is 21.4 Å². The summed E-state index contributed by atoms with van der Waals surface area (Å²) in [4.78, 5) is 12.3. The molecule has 0 aliphatic carbocycles. The minimum Gasteiger partial charge on any atom is -0.451 e. The lowest BCUT2D eigenvalue weighted by Crippen LogP contribution is -2.43. The molecule has 0 atom stereocenters. The topological polar surface area (TPSA) is 66.3 Å². The normalized spacial score (nSPS) is 10.4. The maximum atomic E-state index is 12.3. The number of hydrazine groups is 1. The molecule has 1 aromatic heterocycles. The molecule has 0 aliphatic rings. The second-order valence-electron chi connectivity index (χ2n) is 6.14. The van der Waals surface area contributed by atoms with E-state index in [0.717, 1.165) is 16.8 Å². The number of nitrogens with one attached hydrogen (secondary N) is 3. The van der Waals surface area contributed by atoms with Crippen molar-refractivity contribution < 1.29 is 9.21 Å². The molecule has 0 bridgehead atoms. The third-order valence-corrected chi connectivity index (χ3v) is 4.71. The van der Waals surface area contributed by atoms with Crippen molar-refractivity contribution in [2.45, 2.75) is 13.8 Å². The van der Waals surface area contributed by atoms with Crippen LogP contribution in [0.5, 0.6) is 0 Å². The predicted molar refractivity (Wildman–Crippen MR) is 117 cm³/mol. The monoisotopic (exact) mass is 433 g/mol. The van der Waals surface area contributed by atoms with E-state index in [-0.39, 0.29) is 10.9 Å². The first-order valence-electron chi connectivity index (χ1n) is 8.33. The highest BCUT2D eigenvalue weighted by Crippen LogP contribution is 2.31. The number of halogens is 2. The molecular weight excluding hydrogens is 417 g/mol. The summed E-state index contributed by atoms with van der Waals surface area (Å²) < 4.78 is 5.59. The molecule has 3 N–H and O–H groups in total. The van der Waals surface area contributed by atoms with Crippen molar-refractivity contribution in [1.82, 2.24) is 10.9 Å². The third kappa shape index (κ3) is 4.84. The number of furan rings is 1. The Hall–Kier alpha value is -2.54. The highest BCUT2D eigenvalue weighted by atomic mass is 35.5. The minimum absolute atomic E-state index is 0.114. The molecule has 3 aromatic rings. The number of thiocarbonyl (C=S) groups is 1. The molecule has 8 heteroatoms. The number of carbonyl (C=O) groups excluding carboxylic acids is 1. The molecule has 0 aliphatic heterocycles. The van der Waals surface area contributed by atoms with E-state index in [4.69, 9.17) is 39.8 Å². The van der Waals surface area contributed by atoms with Crippen LogP contribution in [0.2, 0.25) is 10.0 Å². The van der Waals surface area contributed by atoms with Crippen LogP contribution >= 0.6 is 35.4 Å². The van der Waals surface area contributed by atoms with E-state index in [2.05, 4.69) is 16.2 Å². The van der Waals surface area contributed by atoms with Crippen molar-refractivity contribution >= 4 is 52.1 Å². The molecule has 28 heavy (non-hydrogen) atoms. The molecule has 1 heterocycles. The van der Waals surface area contributed by atoms with Gasteiger partial charge < -0.3 is 9.73 Å². The summed E-state index contributed by atoms with van der Waals surface area (Å²) in [5.41, 5.74) is 8.81. The van der Waals surface area contributed by atoms with Crippen LogP contribution < -0.4 is 16.2 Å². The van der Waals surface area contributed by atoms with E-state index in [9.17, 15) is 4.79 Å². The van der Waals surface area contributed by atoms with Gasteiger partial charge in [-0.3, -0.25) is 15.6 Å². The second kappa shape index (κ2) is 8.65. The predicted octanol–water partition coefficient (Wildman–Crippen LogP) is 5.50. The van der Waals surface area contributed by atoms with Crippen molar-refractivity contribution in [2.75, 3.05) is 5.32 Å². The zero-order valence-corrected chi connectivity index (χ0v) is 17.4. The highest BCUT2D eigenvalue weighted by Gasteiger charge is 2.14. The number of rotatable bonds is 3. The summed E-state index contributed by atoms with van der Waals surface area (Å²) in [5, 5.41) is 4.26. The lowest BCUT2D eigenvalue weighted by molar-refractivity contribution is 0.0917. The standard InChI is InChI=1S/C20H17Cl2N3O2S/c1-11-3-4-12(2)16(9-11)23-20(28)25-24-19(26)18-8-7-17(27-18)14-6-5-13(21)10-15(14)22/h3-10H,1-2H3,(H,24,26)(H2,23,25,28). The Labute approximate surface area is 178 Å². The first-order valence-corrected chi connectivity index (χ1v) is 9.50. The second-order valence-corrected chi connectivity index (χ2v) is 7.39. The number of aryl methyl sites for hydroxylation is 2. The van der Waals surface area contributed by atoms with Gasteiger partial charge in [0.05, 0.1) is 5.02 Å². The van der Waals surface area contributed by atoms with Crippen molar-refractivity contribution in [3.8, 4) is 11.3 Å². The van der Waals surface area contributed by atoms with Crippen LogP contribution in [0, 0.1) is 13.8 Å². The first-order chi connectivity index (χ1) is 13.3. The van der Waals surface area contributed by atoms with E-state index >= 15 is 0 Å². The quantitative estimate of drug-likeness (QED) is 0.375. The van der Waals surface area contributed by atoms with Gasteiger partial charge in [-0.15, -0.1) is 0 Å². The summed E-state index contributed by atoms with van der Waals surface area (Å²) in [6, 6.07) is 14.2. The number of hydrogen-bond acceptors (Lipinski definition) is 3. The van der Waals surface area contributed by atoms with Crippen LogP contribution in [0.4, 0.5) is 5.69 Å². The van der Waals surface area contributed by atoms with Gasteiger partial charge in [-0.25, -0.2) is 0 Å². The Kier molecular flexibility index (Phi) is 6.24. The van der Waals surface area contributed by atoms with Crippen LogP contribution in [0.15, 0.2) is 52.9 Å². The average molecular weight is 434 g/mol. The Balaban J connectivity index is 1.61. The van der Waals surface area contributed by atoms with Crippen LogP contribution in [0.3, 0.4) is 0 Å². The van der Waals surface area contributed by atoms with Crippen molar-refractivity contribution in [1.29, 1.82) is 0 Å². The van der Waals surface area contributed by atoms with Crippen LogP contribution in [0.25, 0.3) is 11.3 Å². The molecular formula is C20H17Cl2N3O2S. The minimum atomic E-state index is -0.471. The summed E-state index contributed by atoms with van der Waals surface area (Å²) in [6.45, 7) is 3.96. The van der Waals surface area contributed by atoms with Crippen molar-refractivity contribution in [2.24, 2.45) is 0 Å². The fourth-order valence-corrected chi connectivity index (χ4v) is 3.16. The van der Waals surface area contributed by atoms with E-state index in [1.165, 1.54) is 0 Å². The maximum Gasteiger partial charge on any atom is 0.305 e. The summed E-state index contributed by atoms with van der Waals surface area (Å²) in [7, 11) is 0. The number of carbonyl (C=O) groups is 1. The zero-order chi connectivity index (χ0) is 20.3. The maximum absolute atomic E-state index is 12.3. The van der Waals surface area contributed by atoms with Gasteiger partial charge in [-0.1, -0.05) is 35.3 Å². The Bertz CT molecular complexity index is 1050. The number of amides is 1. The number of benzene rings is 2.